The van der Waals surface area contributed by atoms with Crippen LogP contribution in [0.1, 0.15) is 31.4 Å². The van der Waals surface area contributed by atoms with E-state index in [1.165, 1.54) is 12.1 Å². The lowest BCUT2D eigenvalue weighted by molar-refractivity contribution is -0.137. The SMILES string of the molecule is COc1ccccc1C1=NO[C@H](CN(Cc2cccc(F)c2)C(=O)C(C)C)C1. The van der Waals surface area contributed by atoms with Crippen molar-refractivity contribution >= 4 is 11.6 Å². The van der Waals surface area contributed by atoms with Crippen LogP contribution in [0, 0.1) is 11.7 Å². The maximum absolute atomic E-state index is 13.5. The van der Waals surface area contributed by atoms with Crippen molar-refractivity contribution in [3.05, 3.63) is 65.5 Å². The van der Waals surface area contributed by atoms with Gasteiger partial charge in [-0.25, -0.2) is 4.39 Å². The average Bonchev–Trinajstić information content (AvgIpc) is 3.15. The van der Waals surface area contributed by atoms with Gasteiger partial charge in [0.15, 0.2) is 6.10 Å². The molecule has 3 rings (SSSR count). The fourth-order valence-corrected chi connectivity index (χ4v) is 3.27. The Morgan fingerprint density at radius 2 is 2.07 bits per heavy atom. The summed E-state index contributed by atoms with van der Waals surface area (Å²) in [7, 11) is 1.62. The molecule has 6 heteroatoms. The first kappa shape index (κ1) is 19.9. The van der Waals surface area contributed by atoms with Gasteiger partial charge in [0.1, 0.15) is 11.6 Å². The summed E-state index contributed by atoms with van der Waals surface area (Å²) in [5.41, 5.74) is 2.43. The Bertz CT molecular complexity index is 866. The fraction of sp³-hybridized carbons (Fsp3) is 0.364. The van der Waals surface area contributed by atoms with Gasteiger partial charge in [-0.2, -0.15) is 0 Å². The third-order valence-corrected chi connectivity index (χ3v) is 4.64. The third-order valence-electron chi connectivity index (χ3n) is 4.64. The van der Waals surface area contributed by atoms with Gasteiger partial charge in [0, 0.05) is 24.4 Å². The van der Waals surface area contributed by atoms with E-state index in [-0.39, 0.29) is 23.7 Å². The zero-order valence-electron chi connectivity index (χ0n) is 16.4. The van der Waals surface area contributed by atoms with Crippen LogP contribution in [0.15, 0.2) is 53.7 Å². The summed E-state index contributed by atoms with van der Waals surface area (Å²) in [5.74, 6) is 0.261. The highest BCUT2D eigenvalue weighted by Crippen LogP contribution is 2.25. The van der Waals surface area contributed by atoms with Crippen LogP contribution >= 0.6 is 0 Å². The van der Waals surface area contributed by atoms with Crippen LogP contribution in [0.25, 0.3) is 0 Å². The Hall–Kier alpha value is -2.89. The molecule has 1 aliphatic heterocycles. The number of nitrogens with zero attached hydrogens (tertiary/aromatic N) is 2. The number of ether oxygens (including phenoxy) is 1. The fourth-order valence-electron chi connectivity index (χ4n) is 3.27. The third kappa shape index (κ3) is 4.68. The normalized spacial score (nSPS) is 15.9. The molecule has 0 unspecified atom stereocenters. The highest BCUT2D eigenvalue weighted by molar-refractivity contribution is 6.03. The number of hydrogen-bond donors (Lipinski definition) is 0. The van der Waals surface area contributed by atoms with E-state index in [0.29, 0.717) is 19.5 Å². The molecule has 1 aliphatic rings. The molecule has 1 amide bonds. The Morgan fingerprint density at radius 1 is 1.29 bits per heavy atom. The van der Waals surface area contributed by atoms with Crippen molar-refractivity contribution in [3.8, 4) is 5.75 Å². The van der Waals surface area contributed by atoms with E-state index in [1.54, 1.807) is 18.1 Å². The van der Waals surface area contributed by atoms with Gasteiger partial charge in [0.25, 0.3) is 0 Å². The highest BCUT2D eigenvalue weighted by atomic mass is 19.1. The van der Waals surface area contributed by atoms with Crippen molar-refractivity contribution in [2.75, 3.05) is 13.7 Å². The van der Waals surface area contributed by atoms with E-state index < -0.39 is 0 Å². The zero-order valence-corrected chi connectivity index (χ0v) is 16.4. The van der Waals surface area contributed by atoms with Gasteiger partial charge in [0.05, 0.1) is 19.4 Å². The summed E-state index contributed by atoms with van der Waals surface area (Å²) in [4.78, 5) is 20.0. The standard InChI is InChI=1S/C22H25FN2O3/c1-15(2)22(26)25(13-16-7-6-8-17(23)11-16)14-18-12-20(24-28-18)19-9-4-5-10-21(19)27-3/h4-11,15,18H,12-14H2,1-3H3/t18-/m0/s1. The summed E-state index contributed by atoms with van der Waals surface area (Å²) >= 11 is 0. The van der Waals surface area contributed by atoms with Crippen LogP contribution in [0.2, 0.25) is 0 Å². The van der Waals surface area contributed by atoms with Gasteiger partial charge in [0.2, 0.25) is 5.91 Å². The number of amides is 1. The van der Waals surface area contributed by atoms with Crippen molar-refractivity contribution in [2.45, 2.75) is 32.9 Å². The molecule has 0 N–H and O–H groups in total. The second-order valence-corrected chi connectivity index (χ2v) is 7.17. The number of halogens is 1. The summed E-state index contributed by atoms with van der Waals surface area (Å²) < 4.78 is 18.9. The number of carbonyl (C=O) groups excluding carboxylic acids is 1. The van der Waals surface area contributed by atoms with Gasteiger partial charge in [-0.3, -0.25) is 4.79 Å². The molecule has 0 spiro atoms. The Kier molecular flexibility index (Phi) is 6.29. The zero-order chi connectivity index (χ0) is 20.1. The number of hydrogen-bond acceptors (Lipinski definition) is 4. The molecule has 1 heterocycles. The minimum Gasteiger partial charge on any atom is -0.496 e. The summed E-state index contributed by atoms with van der Waals surface area (Å²) in [6.07, 6.45) is 0.321. The first-order valence-electron chi connectivity index (χ1n) is 9.37. The molecule has 0 saturated carbocycles. The molecule has 0 bridgehead atoms. The minimum atomic E-state index is -0.312. The number of oxime groups is 1. The van der Waals surface area contributed by atoms with E-state index in [4.69, 9.17) is 9.57 Å². The topological polar surface area (TPSA) is 51.1 Å². The van der Waals surface area contributed by atoms with Crippen LogP contribution in [0.4, 0.5) is 4.39 Å². The number of carbonyl (C=O) groups is 1. The van der Waals surface area contributed by atoms with E-state index in [1.807, 2.05) is 44.2 Å². The van der Waals surface area contributed by atoms with E-state index in [9.17, 15) is 9.18 Å². The van der Waals surface area contributed by atoms with Gasteiger partial charge < -0.3 is 14.5 Å². The second-order valence-electron chi connectivity index (χ2n) is 7.17. The van der Waals surface area contributed by atoms with Gasteiger partial charge in [-0.15, -0.1) is 0 Å². The lowest BCUT2D eigenvalue weighted by atomic mass is 10.0. The molecule has 148 valence electrons. The molecule has 0 aliphatic carbocycles. The van der Waals surface area contributed by atoms with Crippen molar-refractivity contribution in [1.82, 2.24) is 4.90 Å². The van der Waals surface area contributed by atoms with Crippen LogP contribution in [-0.2, 0) is 16.2 Å². The van der Waals surface area contributed by atoms with E-state index >= 15 is 0 Å². The quantitative estimate of drug-likeness (QED) is 0.725. The van der Waals surface area contributed by atoms with Crippen LogP contribution in [0.5, 0.6) is 5.75 Å². The predicted molar refractivity (Wildman–Crippen MR) is 106 cm³/mol. The number of para-hydroxylation sites is 1. The molecule has 0 saturated heterocycles. The predicted octanol–water partition coefficient (Wildman–Crippen LogP) is 4.01. The Morgan fingerprint density at radius 3 is 2.79 bits per heavy atom. The summed E-state index contributed by atoms with van der Waals surface area (Å²) in [6.45, 7) is 4.43. The van der Waals surface area contributed by atoms with Crippen molar-refractivity contribution in [3.63, 3.8) is 0 Å². The Balaban J connectivity index is 1.71. The number of methoxy groups -OCH3 is 1. The van der Waals surface area contributed by atoms with Gasteiger partial charge in [-0.1, -0.05) is 43.3 Å². The molecule has 0 aromatic heterocycles. The average molecular weight is 384 g/mol. The van der Waals surface area contributed by atoms with Gasteiger partial charge in [-0.05, 0) is 29.8 Å². The second kappa shape index (κ2) is 8.87. The maximum Gasteiger partial charge on any atom is 0.225 e. The molecule has 1 atom stereocenters. The van der Waals surface area contributed by atoms with Crippen LogP contribution in [0.3, 0.4) is 0 Å². The van der Waals surface area contributed by atoms with Crippen molar-refractivity contribution < 1.29 is 18.8 Å². The molecule has 2 aromatic rings. The molecular weight excluding hydrogens is 359 g/mol. The lowest BCUT2D eigenvalue weighted by Crippen LogP contribution is -2.39. The molecule has 28 heavy (non-hydrogen) atoms. The molecule has 0 fully saturated rings. The van der Waals surface area contributed by atoms with Crippen molar-refractivity contribution in [2.24, 2.45) is 11.1 Å². The highest BCUT2D eigenvalue weighted by Gasteiger charge is 2.28. The monoisotopic (exact) mass is 384 g/mol. The number of benzene rings is 2. The first-order valence-corrected chi connectivity index (χ1v) is 9.37. The van der Waals surface area contributed by atoms with Gasteiger partial charge >= 0.3 is 0 Å². The smallest absolute Gasteiger partial charge is 0.225 e. The summed E-state index contributed by atoms with van der Waals surface area (Å²) in [6, 6.07) is 14.0. The summed E-state index contributed by atoms with van der Waals surface area (Å²) in [5, 5.41) is 4.21. The largest absolute Gasteiger partial charge is 0.496 e. The molecule has 0 radical (unpaired) electrons. The molecule has 2 aromatic carbocycles. The van der Waals surface area contributed by atoms with Crippen LogP contribution in [-0.4, -0.2) is 36.3 Å². The minimum absolute atomic E-state index is 0.00129. The van der Waals surface area contributed by atoms with E-state index in [0.717, 1.165) is 22.6 Å². The Labute approximate surface area is 164 Å². The van der Waals surface area contributed by atoms with E-state index in [2.05, 4.69) is 5.16 Å². The first-order chi connectivity index (χ1) is 13.5. The number of rotatable bonds is 7. The van der Waals surface area contributed by atoms with Crippen LogP contribution < -0.4 is 4.74 Å². The molecular formula is C22H25FN2O3. The van der Waals surface area contributed by atoms with Crippen molar-refractivity contribution in [1.29, 1.82) is 0 Å². The maximum atomic E-state index is 13.5. The molecule has 5 nitrogen and oxygen atoms in total. The lowest BCUT2D eigenvalue weighted by Gasteiger charge is -2.26.